The Kier molecular flexibility index (Phi) is 4.35. The molecule has 7 nitrogen and oxygen atoms in total. The molecule has 0 radical (unpaired) electrons. The maximum Gasteiger partial charge on any atom is 0.227 e. The number of aliphatic hydroxyl groups is 1. The fourth-order valence-electron chi connectivity index (χ4n) is 2.90. The fraction of sp³-hybridized carbons (Fsp3) is 0.250. The van der Waals surface area contributed by atoms with Crippen LogP contribution < -0.4 is 5.32 Å². The highest BCUT2D eigenvalue weighted by molar-refractivity contribution is 5.60. The molecule has 0 aliphatic rings. The molecule has 0 aliphatic carbocycles. The Morgan fingerprint density at radius 1 is 1.18 bits per heavy atom. The molecule has 3 aromatic heterocycles. The van der Waals surface area contributed by atoms with Gasteiger partial charge < -0.3 is 14.8 Å². The van der Waals surface area contributed by atoms with Gasteiger partial charge in [-0.05, 0) is 50.6 Å². The summed E-state index contributed by atoms with van der Waals surface area (Å²) < 4.78 is 20.6. The van der Waals surface area contributed by atoms with Crippen LogP contribution in [0.15, 0.2) is 53.3 Å². The molecule has 4 rings (SSSR count). The topological polar surface area (TPSA) is 88.5 Å². The molecular weight excluding hydrogens is 361 g/mol. The van der Waals surface area contributed by atoms with Gasteiger partial charge >= 0.3 is 0 Å². The first-order chi connectivity index (χ1) is 13.3. The third-order valence-corrected chi connectivity index (χ3v) is 4.08. The lowest BCUT2D eigenvalue weighted by molar-refractivity contribution is 0.221. The number of aromatic nitrogens is 4. The van der Waals surface area contributed by atoms with Gasteiger partial charge in [-0.1, -0.05) is 12.1 Å². The van der Waals surface area contributed by atoms with Crippen LogP contribution in [0.2, 0.25) is 0 Å². The Hall–Kier alpha value is -3.26. The molecule has 0 aliphatic heterocycles. The summed E-state index contributed by atoms with van der Waals surface area (Å²) in [4.78, 5) is 9.07. The highest BCUT2D eigenvalue weighted by atomic mass is 19.1. The van der Waals surface area contributed by atoms with Gasteiger partial charge in [0.25, 0.3) is 0 Å². The van der Waals surface area contributed by atoms with Gasteiger partial charge in [0.15, 0.2) is 11.4 Å². The average Bonchev–Trinajstić information content (AvgIpc) is 3.29. The van der Waals surface area contributed by atoms with Crippen LogP contribution in [-0.2, 0) is 0 Å². The van der Waals surface area contributed by atoms with Crippen LogP contribution in [0.4, 0.5) is 10.3 Å². The second-order valence-corrected chi connectivity index (χ2v) is 7.52. The van der Waals surface area contributed by atoms with E-state index in [2.05, 4.69) is 20.4 Å². The zero-order chi connectivity index (χ0) is 19.9. The minimum atomic E-state index is -1.09. The van der Waals surface area contributed by atoms with E-state index in [1.807, 2.05) is 20.8 Å². The van der Waals surface area contributed by atoms with E-state index in [1.165, 1.54) is 22.8 Å². The highest BCUT2D eigenvalue weighted by Crippen LogP contribution is 2.29. The maximum absolute atomic E-state index is 13.6. The minimum absolute atomic E-state index is 0.278. The van der Waals surface area contributed by atoms with Gasteiger partial charge in [0.05, 0.1) is 18.0 Å². The number of anilines is 1. The quantitative estimate of drug-likeness (QED) is 0.559. The second kappa shape index (κ2) is 6.72. The van der Waals surface area contributed by atoms with Crippen LogP contribution in [0.1, 0.15) is 38.0 Å². The number of halogens is 1. The molecule has 3 heterocycles. The van der Waals surface area contributed by atoms with Crippen molar-refractivity contribution in [2.24, 2.45) is 0 Å². The van der Waals surface area contributed by atoms with Crippen molar-refractivity contribution in [3.05, 3.63) is 65.8 Å². The fourth-order valence-corrected chi connectivity index (χ4v) is 2.90. The standard InChI is InChI=1S/C20H20FN5O2/c1-20(2,3)25-19-23-17-14(16(27)12-6-4-7-13(21)10-12)11-22-26(17)18(24-19)15-8-5-9-28-15/h4-11,16,27H,1-3H3,(H,23,25). The molecular formula is C20H20FN5O2. The lowest BCUT2D eigenvalue weighted by atomic mass is 10.0. The molecule has 0 amide bonds. The molecule has 0 bridgehead atoms. The Balaban J connectivity index is 1.89. The Labute approximate surface area is 160 Å². The van der Waals surface area contributed by atoms with Crippen molar-refractivity contribution in [1.29, 1.82) is 0 Å². The smallest absolute Gasteiger partial charge is 0.227 e. The molecule has 0 saturated carbocycles. The van der Waals surface area contributed by atoms with E-state index < -0.39 is 11.9 Å². The number of furan rings is 1. The summed E-state index contributed by atoms with van der Waals surface area (Å²) in [6, 6.07) is 9.35. The molecule has 28 heavy (non-hydrogen) atoms. The number of hydrogen-bond donors (Lipinski definition) is 2. The molecule has 0 spiro atoms. The van der Waals surface area contributed by atoms with Crippen molar-refractivity contribution < 1.29 is 13.9 Å². The van der Waals surface area contributed by atoms with Gasteiger partial charge in [0.1, 0.15) is 11.9 Å². The SMILES string of the molecule is CC(C)(C)Nc1nc(-c2ccco2)n2ncc(C(O)c3cccc(F)c3)c2n1. The number of hydrogen-bond acceptors (Lipinski definition) is 6. The first kappa shape index (κ1) is 18.1. The highest BCUT2D eigenvalue weighted by Gasteiger charge is 2.23. The van der Waals surface area contributed by atoms with Crippen molar-refractivity contribution in [2.75, 3.05) is 5.32 Å². The van der Waals surface area contributed by atoms with Crippen molar-refractivity contribution >= 4 is 11.6 Å². The molecule has 1 atom stereocenters. The van der Waals surface area contributed by atoms with E-state index in [0.29, 0.717) is 34.3 Å². The Morgan fingerprint density at radius 2 is 2.00 bits per heavy atom. The molecule has 2 N–H and O–H groups in total. The number of benzene rings is 1. The molecule has 1 unspecified atom stereocenters. The third kappa shape index (κ3) is 3.46. The minimum Gasteiger partial charge on any atom is -0.461 e. The van der Waals surface area contributed by atoms with E-state index in [9.17, 15) is 9.50 Å². The predicted octanol–water partition coefficient (Wildman–Crippen LogP) is 3.82. The van der Waals surface area contributed by atoms with Crippen molar-refractivity contribution in [3.8, 4) is 11.6 Å². The predicted molar refractivity (Wildman–Crippen MR) is 102 cm³/mol. The third-order valence-electron chi connectivity index (χ3n) is 4.08. The van der Waals surface area contributed by atoms with Gasteiger partial charge in [-0.15, -0.1) is 0 Å². The zero-order valence-electron chi connectivity index (χ0n) is 15.7. The van der Waals surface area contributed by atoms with Crippen molar-refractivity contribution in [1.82, 2.24) is 19.6 Å². The lowest BCUT2D eigenvalue weighted by Gasteiger charge is -2.21. The van der Waals surface area contributed by atoms with Gasteiger partial charge in [0, 0.05) is 5.54 Å². The number of nitrogens with one attached hydrogen (secondary N) is 1. The summed E-state index contributed by atoms with van der Waals surface area (Å²) >= 11 is 0. The first-order valence-corrected chi connectivity index (χ1v) is 8.83. The van der Waals surface area contributed by atoms with Gasteiger partial charge in [-0.3, -0.25) is 0 Å². The Morgan fingerprint density at radius 3 is 2.68 bits per heavy atom. The average molecular weight is 381 g/mol. The molecule has 1 aromatic carbocycles. The number of nitrogens with zero attached hydrogens (tertiary/aromatic N) is 4. The van der Waals surface area contributed by atoms with E-state index in [0.717, 1.165) is 0 Å². The maximum atomic E-state index is 13.6. The molecule has 0 saturated heterocycles. The van der Waals surface area contributed by atoms with Crippen LogP contribution in [0.3, 0.4) is 0 Å². The van der Waals surface area contributed by atoms with Crippen LogP contribution in [0, 0.1) is 5.82 Å². The van der Waals surface area contributed by atoms with Crippen LogP contribution in [0.5, 0.6) is 0 Å². The lowest BCUT2D eigenvalue weighted by Crippen LogP contribution is -2.27. The van der Waals surface area contributed by atoms with E-state index in [1.54, 1.807) is 30.5 Å². The van der Waals surface area contributed by atoms with Gasteiger partial charge in [-0.2, -0.15) is 19.6 Å². The molecule has 8 heteroatoms. The largest absolute Gasteiger partial charge is 0.461 e. The number of fused-ring (bicyclic) bond motifs is 1. The van der Waals surface area contributed by atoms with Crippen LogP contribution in [0.25, 0.3) is 17.2 Å². The summed E-state index contributed by atoms with van der Waals surface area (Å²) in [5.41, 5.74) is 0.987. The molecule has 4 aromatic rings. The summed E-state index contributed by atoms with van der Waals surface area (Å²) in [6.07, 6.45) is 1.97. The number of aliphatic hydroxyl groups excluding tert-OH is 1. The summed E-state index contributed by atoms with van der Waals surface area (Å²) in [5, 5.41) is 18.4. The second-order valence-electron chi connectivity index (χ2n) is 7.52. The normalized spacial score (nSPS) is 13.0. The van der Waals surface area contributed by atoms with Gasteiger partial charge in [0.2, 0.25) is 11.8 Å². The van der Waals surface area contributed by atoms with Crippen molar-refractivity contribution in [3.63, 3.8) is 0 Å². The van der Waals surface area contributed by atoms with Crippen LogP contribution in [-0.4, -0.2) is 30.2 Å². The monoisotopic (exact) mass is 381 g/mol. The number of rotatable bonds is 4. The summed E-state index contributed by atoms with van der Waals surface area (Å²) in [5.74, 6) is 0.910. The molecule has 0 fully saturated rings. The van der Waals surface area contributed by atoms with Gasteiger partial charge in [-0.25, -0.2) is 4.39 Å². The van der Waals surface area contributed by atoms with E-state index in [4.69, 9.17) is 4.42 Å². The van der Waals surface area contributed by atoms with Crippen molar-refractivity contribution in [2.45, 2.75) is 32.4 Å². The van der Waals surface area contributed by atoms with E-state index in [-0.39, 0.29) is 5.54 Å². The van der Waals surface area contributed by atoms with E-state index >= 15 is 0 Å². The van der Waals surface area contributed by atoms with Crippen LogP contribution >= 0.6 is 0 Å². The Bertz CT molecular complexity index is 1120. The first-order valence-electron chi connectivity index (χ1n) is 8.83. The summed E-state index contributed by atoms with van der Waals surface area (Å²) in [6.45, 7) is 5.98. The summed E-state index contributed by atoms with van der Waals surface area (Å²) in [7, 11) is 0. The molecule has 144 valence electrons. The zero-order valence-corrected chi connectivity index (χ0v) is 15.7.